The molecule has 1 nitrogen and oxygen atoms in total. The van der Waals surface area contributed by atoms with E-state index in [1.807, 2.05) is 42.5 Å². The van der Waals surface area contributed by atoms with Crippen LogP contribution in [-0.2, 0) is 5.41 Å². The molecule has 0 aliphatic heterocycles. The van der Waals surface area contributed by atoms with E-state index >= 15 is 0 Å². The molecule has 2 aromatic rings. The molecule has 0 radical (unpaired) electrons. The van der Waals surface area contributed by atoms with Gasteiger partial charge >= 0.3 is 0 Å². The third kappa shape index (κ3) is 3.74. The number of hydrogen-bond acceptors (Lipinski definition) is 1. The molecule has 0 bridgehead atoms. The molecule has 2 heteroatoms. The average molecular weight is 275 g/mol. The second kappa shape index (κ2) is 6.12. The lowest BCUT2D eigenvalue weighted by atomic mass is 9.82. The van der Waals surface area contributed by atoms with Gasteiger partial charge in [0.15, 0.2) is 0 Å². The molecule has 0 spiro atoms. The number of halogens is 1. The summed E-state index contributed by atoms with van der Waals surface area (Å²) in [7, 11) is 0. The van der Waals surface area contributed by atoms with Crippen LogP contribution in [0.1, 0.15) is 25.8 Å². The quantitative estimate of drug-likeness (QED) is 0.665. The van der Waals surface area contributed by atoms with Crippen LogP contribution in [-0.4, -0.2) is 5.88 Å². The summed E-state index contributed by atoms with van der Waals surface area (Å²) in [6, 6.07) is 18.1. The van der Waals surface area contributed by atoms with Gasteiger partial charge in [0.05, 0.1) is 0 Å². The lowest BCUT2D eigenvalue weighted by Gasteiger charge is -2.24. The smallest absolute Gasteiger partial charge is 0.127 e. The van der Waals surface area contributed by atoms with Crippen LogP contribution in [0.2, 0.25) is 0 Å². The van der Waals surface area contributed by atoms with Crippen LogP contribution in [0.4, 0.5) is 0 Å². The van der Waals surface area contributed by atoms with E-state index in [9.17, 15) is 0 Å². The number of benzene rings is 2. The minimum Gasteiger partial charge on any atom is -0.457 e. The van der Waals surface area contributed by atoms with Crippen molar-refractivity contribution in [1.82, 2.24) is 0 Å². The summed E-state index contributed by atoms with van der Waals surface area (Å²) in [5.74, 6) is 2.39. The standard InChI is InChI=1S/C17H19ClO/c1-17(2,12-13-18)14-8-10-16(11-9-14)19-15-6-4-3-5-7-15/h3-11H,12-13H2,1-2H3. The molecule has 19 heavy (non-hydrogen) atoms. The normalized spacial score (nSPS) is 11.3. The van der Waals surface area contributed by atoms with Gasteiger partial charge in [0.1, 0.15) is 11.5 Å². The molecule has 0 heterocycles. The van der Waals surface area contributed by atoms with E-state index in [1.54, 1.807) is 0 Å². The van der Waals surface area contributed by atoms with E-state index in [0.717, 1.165) is 17.9 Å². The van der Waals surface area contributed by atoms with Crippen molar-refractivity contribution in [3.05, 3.63) is 60.2 Å². The first-order valence-electron chi connectivity index (χ1n) is 6.51. The molecule has 0 aliphatic rings. The molecule has 0 amide bonds. The molecule has 2 aromatic carbocycles. The maximum Gasteiger partial charge on any atom is 0.127 e. The molecular weight excluding hydrogens is 256 g/mol. The maximum absolute atomic E-state index is 5.85. The van der Waals surface area contributed by atoms with E-state index < -0.39 is 0 Å². The summed E-state index contributed by atoms with van der Waals surface area (Å²) in [4.78, 5) is 0. The number of alkyl halides is 1. The van der Waals surface area contributed by atoms with Crippen molar-refractivity contribution in [3.8, 4) is 11.5 Å². The molecule has 0 aliphatic carbocycles. The Bertz CT molecular complexity index is 503. The molecule has 0 saturated carbocycles. The molecule has 100 valence electrons. The van der Waals surface area contributed by atoms with Crippen molar-refractivity contribution >= 4 is 11.6 Å². The average Bonchev–Trinajstić information content (AvgIpc) is 2.40. The van der Waals surface area contributed by atoms with Crippen LogP contribution in [0.25, 0.3) is 0 Å². The fraction of sp³-hybridized carbons (Fsp3) is 0.294. The summed E-state index contributed by atoms with van der Waals surface area (Å²) < 4.78 is 5.78. The summed E-state index contributed by atoms with van der Waals surface area (Å²) in [5.41, 5.74) is 1.39. The first-order chi connectivity index (χ1) is 9.12. The Balaban J connectivity index is 2.11. The number of ether oxygens (including phenoxy) is 1. The summed E-state index contributed by atoms with van der Waals surface area (Å²) in [5, 5.41) is 0. The Morgan fingerprint density at radius 3 is 2.05 bits per heavy atom. The SMILES string of the molecule is CC(C)(CCCl)c1ccc(Oc2ccccc2)cc1. The number of rotatable bonds is 5. The van der Waals surface area contributed by atoms with Gasteiger partial charge in [-0.1, -0.05) is 44.2 Å². The minimum atomic E-state index is 0.104. The van der Waals surface area contributed by atoms with Gasteiger partial charge in [0.25, 0.3) is 0 Å². The molecule has 2 rings (SSSR count). The minimum absolute atomic E-state index is 0.104. The van der Waals surface area contributed by atoms with Crippen molar-refractivity contribution < 1.29 is 4.74 Å². The van der Waals surface area contributed by atoms with Gasteiger partial charge in [-0.25, -0.2) is 0 Å². The highest BCUT2D eigenvalue weighted by molar-refractivity contribution is 6.17. The maximum atomic E-state index is 5.85. The molecule has 0 saturated heterocycles. The van der Waals surface area contributed by atoms with Gasteiger partial charge in [0, 0.05) is 5.88 Å². The van der Waals surface area contributed by atoms with E-state index in [-0.39, 0.29) is 5.41 Å². The van der Waals surface area contributed by atoms with Gasteiger partial charge in [0.2, 0.25) is 0 Å². The Kier molecular flexibility index (Phi) is 4.49. The molecule has 0 atom stereocenters. The van der Waals surface area contributed by atoms with Crippen LogP contribution in [0.3, 0.4) is 0 Å². The van der Waals surface area contributed by atoms with E-state index in [2.05, 4.69) is 26.0 Å². The predicted molar refractivity (Wildman–Crippen MR) is 81.3 cm³/mol. The topological polar surface area (TPSA) is 9.23 Å². The zero-order valence-electron chi connectivity index (χ0n) is 11.4. The molecule has 0 fully saturated rings. The second-order valence-corrected chi connectivity index (χ2v) is 5.64. The predicted octanol–water partition coefficient (Wildman–Crippen LogP) is 5.39. The fourth-order valence-corrected chi connectivity index (χ4v) is 2.45. The van der Waals surface area contributed by atoms with E-state index in [1.165, 1.54) is 5.56 Å². The zero-order chi connectivity index (χ0) is 13.7. The molecule has 0 aromatic heterocycles. The molecule has 0 unspecified atom stereocenters. The first-order valence-corrected chi connectivity index (χ1v) is 7.05. The van der Waals surface area contributed by atoms with E-state index in [4.69, 9.17) is 16.3 Å². The summed E-state index contributed by atoms with van der Waals surface area (Å²) >= 11 is 5.85. The van der Waals surface area contributed by atoms with Crippen molar-refractivity contribution in [2.24, 2.45) is 0 Å². The van der Waals surface area contributed by atoms with Crippen molar-refractivity contribution in [3.63, 3.8) is 0 Å². The Morgan fingerprint density at radius 2 is 1.47 bits per heavy atom. The number of hydrogen-bond donors (Lipinski definition) is 0. The van der Waals surface area contributed by atoms with E-state index in [0.29, 0.717) is 5.88 Å². The van der Waals surface area contributed by atoms with Crippen LogP contribution < -0.4 is 4.74 Å². The third-order valence-corrected chi connectivity index (χ3v) is 3.52. The van der Waals surface area contributed by atoms with Gasteiger partial charge < -0.3 is 4.74 Å². The summed E-state index contributed by atoms with van der Waals surface area (Å²) in [6.45, 7) is 4.42. The first kappa shape index (κ1) is 14.0. The molecular formula is C17H19ClO. The second-order valence-electron chi connectivity index (χ2n) is 5.26. The fourth-order valence-electron chi connectivity index (χ4n) is 1.98. The van der Waals surface area contributed by atoms with Crippen LogP contribution >= 0.6 is 11.6 Å². The van der Waals surface area contributed by atoms with Gasteiger partial charge in [-0.05, 0) is 41.7 Å². The largest absolute Gasteiger partial charge is 0.457 e. The van der Waals surface area contributed by atoms with Gasteiger partial charge in [-0.3, -0.25) is 0 Å². The number of para-hydroxylation sites is 1. The highest BCUT2D eigenvalue weighted by Crippen LogP contribution is 2.30. The highest BCUT2D eigenvalue weighted by Gasteiger charge is 2.19. The van der Waals surface area contributed by atoms with Crippen molar-refractivity contribution in [2.75, 3.05) is 5.88 Å². The van der Waals surface area contributed by atoms with Crippen molar-refractivity contribution in [1.29, 1.82) is 0 Å². The summed E-state index contributed by atoms with van der Waals surface area (Å²) in [6.07, 6.45) is 0.966. The van der Waals surface area contributed by atoms with Crippen molar-refractivity contribution in [2.45, 2.75) is 25.7 Å². The Morgan fingerprint density at radius 1 is 0.895 bits per heavy atom. The Hall–Kier alpha value is -1.47. The van der Waals surface area contributed by atoms with Crippen LogP contribution in [0.5, 0.6) is 11.5 Å². The Labute approximate surface area is 120 Å². The molecule has 0 N–H and O–H groups in total. The van der Waals surface area contributed by atoms with Crippen LogP contribution in [0.15, 0.2) is 54.6 Å². The zero-order valence-corrected chi connectivity index (χ0v) is 12.2. The monoisotopic (exact) mass is 274 g/mol. The van der Waals surface area contributed by atoms with Gasteiger partial charge in [-0.2, -0.15) is 0 Å². The lowest BCUT2D eigenvalue weighted by molar-refractivity contribution is 0.478. The highest BCUT2D eigenvalue weighted by atomic mass is 35.5. The lowest BCUT2D eigenvalue weighted by Crippen LogP contribution is -2.17. The van der Waals surface area contributed by atoms with Gasteiger partial charge in [-0.15, -0.1) is 11.6 Å². The third-order valence-electron chi connectivity index (χ3n) is 3.33. The van der Waals surface area contributed by atoms with Crippen LogP contribution in [0, 0.1) is 0 Å².